The second-order valence-electron chi connectivity index (χ2n) is 6.14. The van der Waals surface area contributed by atoms with Crippen LogP contribution in [0.25, 0.3) is 10.8 Å². The maximum atomic E-state index is 12.4. The second-order valence-corrected chi connectivity index (χ2v) is 6.14. The largest absolute Gasteiger partial charge is 0.274 e. The number of amides is 2. The van der Waals surface area contributed by atoms with E-state index in [4.69, 9.17) is 0 Å². The number of fused-ring (bicyclic) bond motifs is 1. The van der Waals surface area contributed by atoms with Gasteiger partial charge in [-0.1, -0.05) is 50.2 Å². The third-order valence-electron chi connectivity index (χ3n) is 3.77. The minimum atomic E-state index is -0.241. The molecule has 1 fully saturated rings. The van der Waals surface area contributed by atoms with Crippen molar-refractivity contribution in [2.75, 3.05) is 4.90 Å². The molecule has 0 aromatic heterocycles. The van der Waals surface area contributed by atoms with Crippen molar-refractivity contribution in [2.24, 2.45) is 5.41 Å². The summed E-state index contributed by atoms with van der Waals surface area (Å²) in [5.74, 6) is -0.217. The second kappa shape index (κ2) is 4.44. The van der Waals surface area contributed by atoms with E-state index in [0.717, 1.165) is 10.8 Å². The first-order valence-corrected chi connectivity index (χ1v) is 6.81. The lowest BCUT2D eigenvalue weighted by molar-refractivity contribution is -0.132. The number of hydrogen-bond acceptors (Lipinski definition) is 2. The number of piperidine rings is 1. The zero-order valence-corrected chi connectivity index (χ0v) is 11.7. The third kappa shape index (κ3) is 2.09. The average molecular weight is 267 g/mol. The molecule has 1 heterocycles. The number of carbonyl (C=O) groups is 2. The Balaban J connectivity index is 2.12. The van der Waals surface area contributed by atoms with Gasteiger partial charge in [0.25, 0.3) is 0 Å². The van der Waals surface area contributed by atoms with Gasteiger partial charge in [-0.15, -0.1) is 0 Å². The molecule has 0 bridgehead atoms. The smallest absolute Gasteiger partial charge is 0.234 e. The minimum absolute atomic E-state index is 0.109. The van der Waals surface area contributed by atoms with Crippen LogP contribution >= 0.6 is 0 Å². The van der Waals surface area contributed by atoms with Crippen molar-refractivity contribution in [1.29, 1.82) is 0 Å². The summed E-state index contributed by atoms with van der Waals surface area (Å²) in [6.45, 7) is 3.92. The molecule has 0 saturated carbocycles. The van der Waals surface area contributed by atoms with E-state index in [0.29, 0.717) is 18.5 Å². The van der Waals surface area contributed by atoms with Gasteiger partial charge in [-0.25, -0.2) is 4.90 Å². The van der Waals surface area contributed by atoms with Crippen molar-refractivity contribution in [3.8, 4) is 0 Å². The summed E-state index contributed by atoms with van der Waals surface area (Å²) in [4.78, 5) is 26.1. The monoisotopic (exact) mass is 267 g/mol. The molecule has 1 saturated heterocycles. The Kier molecular flexibility index (Phi) is 2.85. The first-order valence-electron chi connectivity index (χ1n) is 6.81. The van der Waals surface area contributed by atoms with Gasteiger partial charge in [0.2, 0.25) is 11.8 Å². The van der Waals surface area contributed by atoms with E-state index in [2.05, 4.69) is 0 Å². The lowest BCUT2D eigenvalue weighted by Crippen LogP contribution is -2.46. The van der Waals surface area contributed by atoms with Crippen LogP contribution in [0.2, 0.25) is 0 Å². The zero-order valence-electron chi connectivity index (χ0n) is 11.7. The van der Waals surface area contributed by atoms with Crippen LogP contribution in [0.4, 0.5) is 5.69 Å². The fraction of sp³-hybridized carbons (Fsp3) is 0.294. The molecule has 2 aromatic rings. The third-order valence-corrected chi connectivity index (χ3v) is 3.77. The van der Waals surface area contributed by atoms with Gasteiger partial charge in [0, 0.05) is 18.2 Å². The maximum absolute atomic E-state index is 12.4. The highest BCUT2D eigenvalue weighted by Gasteiger charge is 2.38. The predicted molar refractivity (Wildman–Crippen MR) is 79.5 cm³/mol. The molecular formula is C17H17NO2. The molecule has 2 amide bonds. The van der Waals surface area contributed by atoms with Gasteiger partial charge in [-0.05, 0) is 16.9 Å². The molecule has 2 aromatic carbocycles. The molecule has 1 aliphatic rings. The van der Waals surface area contributed by atoms with Crippen LogP contribution in [0.5, 0.6) is 0 Å². The summed E-state index contributed by atoms with van der Waals surface area (Å²) in [5.41, 5.74) is 0.462. The van der Waals surface area contributed by atoms with Crippen LogP contribution in [-0.4, -0.2) is 11.8 Å². The van der Waals surface area contributed by atoms with Crippen molar-refractivity contribution in [3.63, 3.8) is 0 Å². The molecule has 3 nitrogen and oxygen atoms in total. The van der Waals surface area contributed by atoms with Crippen molar-refractivity contribution in [2.45, 2.75) is 26.7 Å². The zero-order chi connectivity index (χ0) is 14.3. The van der Waals surface area contributed by atoms with Crippen LogP contribution in [0.15, 0.2) is 42.5 Å². The van der Waals surface area contributed by atoms with Crippen LogP contribution in [0, 0.1) is 5.41 Å². The summed E-state index contributed by atoms with van der Waals surface area (Å²) in [6.07, 6.45) is 0.809. The molecule has 102 valence electrons. The Morgan fingerprint density at radius 2 is 1.50 bits per heavy atom. The normalized spacial score (nSPS) is 18.6. The van der Waals surface area contributed by atoms with Crippen molar-refractivity contribution in [3.05, 3.63) is 42.5 Å². The summed E-state index contributed by atoms with van der Waals surface area (Å²) in [7, 11) is 0. The highest BCUT2D eigenvalue weighted by atomic mass is 16.2. The summed E-state index contributed by atoms with van der Waals surface area (Å²) < 4.78 is 0. The molecule has 3 heteroatoms. The van der Waals surface area contributed by atoms with Gasteiger partial charge in [0.05, 0.1) is 5.69 Å². The predicted octanol–water partition coefficient (Wildman–Crippen LogP) is 3.52. The van der Waals surface area contributed by atoms with Crippen molar-refractivity contribution >= 4 is 28.3 Å². The van der Waals surface area contributed by atoms with E-state index in [-0.39, 0.29) is 17.2 Å². The fourth-order valence-electron chi connectivity index (χ4n) is 2.85. The molecule has 0 N–H and O–H groups in total. The van der Waals surface area contributed by atoms with E-state index >= 15 is 0 Å². The van der Waals surface area contributed by atoms with E-state index in [9.17, 15) is 9.59 Å². The van der Waals surface area contributed by atoms with E-state index in [1.807, 2.05) is 56.3 Å². The van der Waals surface area contributed by atoms with Gasteiger partial charge in [-0.2, -0.15) is 0 Å². The first kappa shape index (κ1) is 12.9. The number of rotatable bonds is 1. The van der Waals surface area contributed by atoms with Gasteiger partial charge < -0.3 is 0 Å². The number of anilines is 1. The van der Waals surface area contributed by atoms with Gasteiger partial charge in [0.1, 0.15) is 0 Å². The molecule has 0 radical (unpaired) electrons. The van der Waals surface area contributed by atoms with Gasteiger partial charge >= 0.3 is 0 Å². The Morgan fingerprint density at radius 1 is 0.900 bits per heavy atom. The Morgan fingerprint density at radius 3 is 2.20 bits per heavy atom. The summed E-state index contributed by atoms with van der Waals surface area (Å²) in [6, 6.07) is 13.5. The first-order chi connectivity index (χ1) is 9.48. The van der Waals surface area contributed by atoms with Crippen molar-refractivity contribution in [1.82, 2.24) is 0 Å². The van der Waals surface area contributed by atoms with Crippen molar-refractivity contribution < 1.29 is 9.59 Å². The molecule has 0 spiro atoms. The van der Waals surface area contributed by atoms with E-state index in [1.54, 1.807) is 0 Å². The lowest BCUT2D eigenvalue weighted by Gasteiger charge is -2.35. The van der Waals surface area contributed by atoms with Gasteiger partial charge in [-0.3, -0.25) is 9.59 Å². The molecule has 1 aliphatic heterocycles. The molecule has 20 heavy (non-hydrogen) atoms. The van der Waals surface area contributed by atoms with Crippen LogP contribution < -0.4 is 4.90 Å². The Bertz CT molecular complexity index is 678. The molecule has 0 atom stereocenters. The highest BCUT2D eigenvalue weighted by Crippen LogP contribution is 2.36. The number of imide groups is 1. The van der Waals surface area contributed by atoms with E-state index in [1.165, 1.54) is 4.90 Å². The number of carbonyl (C=O) groups excluding carboxylic acids is 2. The van der Waals surface area contributed by atoms with Gasteiger partial charge in [0.15, 0.2) is 0 Å². The van der Waals surface area contributed by atoms with E-state index < -0.39 is 0 Å². The Labute approximate surface area is 118 Å². The quantitative estimate of drug-likeness (QED) is 0.741. The average Bonchev–Trinajstić information content (AvgIpc) is 2.36. The Hall–Kier alpha value is -2.16. The highest BCUT2D eigenvalue weighted by molar-refractivity contribution is 6.20. The fourth-order valence-corrected chi connectivity index (χ4v) is 2.85. The minimum Gasteiger partial charge on any atom is -0.274 e. The maximum Gasteiger partial charge on any atom is 0.234 e. The molecule has 0 aliphatic carbocycles. The van der Waals surface area contributed by atoms with Crippen LogP contribution in [-0.2, 0) is 9.59 Å². The molecular weight excluding hydrogens is 250 g/mol. The number of nitrogens with zero attached hydrogens (tertiary/aromatic N) is 1. The summed E-state index contributed by atoms with van der Waals surface area (Å²) >= 11 is 0. The SMILES string of the molecule is CC1(C)CC(=O)N(c2cccc3ccccc23)C(=O)C1. The topological polar surface area (TPSA) is 37.4 Å². The molecule has 0 unspecified atom stereocenters. The standard InChI is InChI=1S/C17H17NO2/c1-17(2)10-15(19)18(16(20)11-17)14-9-5-7-12-6-3-4-8-13(12)14/h3-9H,10-11H2,1-2H3. The summed E-state index contributed by atoms with van der Waals surface area (Å²) in [5, 5.41) is 1.98. The molecule has 3 rings (SSSR count). The van der Waals surface area contributed by atoms with Crippen LogP contribution in [0.3, 0.4) is 0 Å². The number of benzene rings is 2. The lowest BCUT2D eigenvalue weighted by atomic mass is 9.81. The van der Waals surface area contributed by atoms with Crippen LogP contribution in [0.1, 0.15) is 26.7 Å². The number of hydrogen-bond donors (Lipinski definition) is 0.